The number of benzene rings is 2. The Balaban J connectivity index is 1.11. The molecule has 1 aromatic heterocycles. The molecule has 20 heteroatoms. The van der Waals surface area contributed by atoms with Gasteiger partial charge in [0.15, 0.2) is 18.0 Å². The lowest BCUT2D eigenvalue weighted by Gasteiger charge is -2.49. The van der Waals surface area contributed by atoms with Gasteiger partial charge in [0.2, 0.25) is 23.8 Å². The highest BCUT2D eigenvalue weighted by atomic mass is 16.7. The summed E-state index contributed by atoms with van der Waals surface area (Å²) in [6.45, 7) is 3.78. The lowest BCUT2D eigenvalue weighted by molar-refractivity contribution is -0.280. The number of hydrogen-bond donors (Lipinski definition) is 10. The highest BCUT2D eigenvalue weighted by Crippen LogP contribution is 2.57. The third kappa shape index (κ3) is 8.42. The molecule has 4 fully saturated rings. The maximum atomic E-state index is 13.9. The predicted octanol–water partition coefficient (Wildman–Crippen LogP) is -0.734. The molecule has 20 nitrogen and oxygen atoms in total. The molecule has 14 atom stereocenters. The number of aliphatic hydroxyl groups excluding tert-OH is 8. The van der Waals surface area contributed by atoms with E-state index in [2.05, 4.69) is 0 Å². The van der Waals surface area contributed by atoms with Crippen molar-refractivity contribution in [3.63, 3.8) is 0 Å². The number of esters is 1. The first-order valence-electron chi connectivity index (χ1n) is 20.1. The molecular weight excluding hydrogens is 836 g/mol. The van der Waals surface area contributed by atoms with Crippen LogP contribution in [0.4, 0.5) is 0 Å². The number of carbonyl (C=O) groups is 1. The summed E-state index contributed by atoms with van der Waals surface area (Å²) in [5, 5.41) is 106. The molecule has 0 unspecified atom stereocenters. The van der Waals surface area contributed by atoms with E-state index < -0.39 is 120 Å². The molecule has 63 heavy (non-hydrogen) atoms. The molecule has 3 saturated heterocycles. The van der Waals surface area contributed by atoms with Gasteiger partial charge in [-0.3, -0.25) is 4.79 Å². The number of rotatable bonds is 12. The van der Waals surface area contributed by atoms with Crippen LogP contribution in [-0.2, 0) is 23.7 Å². The van der Waals surface area contributed by atoms with E-state index in [1.54, 1.807) is 13.8 Å². The maximum Gasteiger partial charge on any atom is 0.331 e. The van der Waals surface area contributed by atoms with E-state index in [1.807, 2.05) is 6.92 Å². The zero-order valence-corrected chi connectivity index (χ0v) is 34.6. The third-order valence-electron chi connectivity index (χ3n) is 12.3. The minimum atomic E-state index is -1.91. The fourth-order valence-corrected chi connectivity index (χ4v) is 8.74. The van der Waals surface area contributed by atoms with Gasteiger partial charge in [-0.1, -0.05) is 13.0 Å². The highest BCUT2D eigenvalue weighted by molar-refractivity contribution is 5.88. The molecule has 1 saturated carbocycles. The molecule has 3 aromatic rings. The summed E-state index contributed by atoms with van der Waals surface area (Å²) < 4.78 is 45.4. The van der Waals surface area contributed by atoms with Crippen LogP contribution in [0.15, 0.2) is 69.4 Å². The number of methoxy groups -OCH3 is 1. The number of allylic oxidation sites excluding steroid dienone is 2. The number of phenols is 1. The van der Waals surface area contributed by atoms with Crippen LogP contribution >= 0.6 is 0 Å². The Hall–Kier alpha value is -4.68. The second-order valence-corrected chi connectivity index (χ2v) is 16.8. The van der Waals surface area contributed by atoms with Crippen molar-refractivity contribution in [3.05, 3.63) is 70.4 Å². The van der Waals surface area contributed by atoms with E-state index in [1.165, 1.54) is 49.6 Å². The maximum absolute atomic E-state index is 13.9. The van der Waals surface area contributed by atoms with Crippen molar-refractivity contribution in [2.75, 3.05) is 26.9 Å². The Bertz CT molecular complexity index is 2250. The number of phenolic OH excluding ortho intramolecular Hbond substituents is 1. The first kappa shape index (κ1) is 46.3. The first-order chi connectivity index (χ1) is 29.8. The van der Waals surface area contributed by atoms with Crippen LogP contribution in [0.1, 0.15) is 33.6 Å². The monoisotopic (exact) mass is 888 g/mol. The van der Waals surface area contributed by atoms with Gasteiger partial charge in [-0.2, -0.15) is 0 Å². The van der Waals surface area contributed by atoms with Crippen LogP contribution in [0.25, 0.3) is 22.3 Å². The largest absolute Gasteiger partial charge is 0.507 e. The predicted molar refractivity (Wildman–Crippen MR) is 214 cm³/mol. The van der Waals surface area contributed by atoms with Crippen molar-refractivity contribution < 1.29 is 93.4 Å². The zero-order valence-electron chi connectivity index (χ0n) is 34.6. The Morgan fingerprint density at radius 1 is 0.857 bits per heavy atom. The molecule has 344 valence electrons. The molecule has 10 N–H and O–H groups in total. The molecule has 4 aliphatic rings. The molecule has 0 radical (unpaired) electrons. The van der Waals surface area contributed by atoms with Crippen LogP contribution in [0.2, 0.25) is 0 Å². The molecule has 2 aromatic carbocycles. The molecule has 0 amide bonds. The molecule has 2 bridgehead atoms. The van der Waals surface area contributed by atoms with Gasteiger partial charge in [-0.05, 0) is 56.2 Å². The third-order valence-corrected chi connectivity index (χ3v) is 12.3. The van der Waals surface area contributed by atoms with E-state index >= 15 is 0 Å². The van der Waals surface area contributed by atoms with Crippen molar-refractivity contribution in [1.82, 2.24) is 0 Å². The Morgan fingerprint density at radius 2 is 1.51 bits per heavy atom. The molecule has 3 aliphatic heterocycles. The summed E-state index contributed by atoms with van der Waals surface area (Å²) in [5.41, 5.74) is -3.93. The number of ether oxygens (including phenoxy) is 7. The summed E-state index contributed by atoms with van der Waals surface area (Å²) >= 11 is 0. The minimum absolute atomic E-state index is 0.0224. The van der Waals surface area contributed by atoms with E-state index in [9.17, 15) is 60.7 Å². The van der Waals surface area contributed by atoms with Gasteiger partial charge in [-0.15, -0.1) is 0 Å². The van der Waals surface area contributed by atoms with Gasteiger partial charge in [0.1, 0.15) is 76.0 Å². The average molecular weight is 889 g/mol. The van der Waals surface area contributed by atoms with E-state index in [-0.39, 0.29) is 46.8 Å². The Kier molecular flexibility index (Phi) is 13.0. The second kappa shape index (κ2) is 17.7. The van der Waals surface area contributed by atoms with Crippen molar-refractivity contribution in [2.24, 2.45) is 5.41 Å². The normalized spacial score (nSPS) is 37.0. The summed E-state index contributed by atoms with van der Waals surface area (Å²) in [6.07, 6.45) is -12.9. The molecule has 1 aliphatic carbocycles. The lowest BCUT2D eigenvalue weighted by Crippen LogP contribution is -2.61. The smallest absolute Gasteiger partial charge is 0.331 e. The summed E-state index contributed by atoms with van der Waals surface area (Å²) in [5.74, 6) is -2.25. The van der Waals surface area contributed by atoms with Crippen molar-refractivity contribution in [3.8, 4) is 34.3 Å². The number of fused-ring (bicyclic) bond motifs is 3. The fraction of sp³-hybridized carbons (Fsp3) is 0.535. The van der Waals surface area contributed by atoms with Crippen LogP contribution in [0.3, 0.4) is 0 Å². The topological polar surface area (TPSA) is 314 Å². The average Bonchev–Trinajstić information content (AvgIpc) is 3.33. The highest BCUT2D eigenvalue weighted by Gasteiger charge is 2.67. The Morgan fingerprint density at radius 3 is 2.14 bits per heavy atom. The first-order valence-corrected chi connectivity index (χ1v) is 20.1. The SMILES string of the molecule is COc1cc(O)c2c(=O)c(O[C@@H]3O[C@H](CO)[C@@H](O)[C@H](O)[C@H]3O)c(-c3ccc(O[C@@H]4O[C@H](CO)[C@@H](O)[C@H](OC(=O)/C=C(C)/C=C/[C@]5(O)[C@@]6(C)CO[C@]5(C)C[C@@H](O)C6)[C@H]4O)cc3)oc2c1. The zero-order chi connectivity index (χ0) is 45.8. The molecule has 0 spiro atoms. The van der Waals surface area contributed by atoms with E-state index in [0.29, 0.717) is 12.0 Å². The molecule has 4 heterocycles. The standard InChI is InChI=1S/C43H52O20/c1-19(9-10-43(55)41(2)14-21(46)15-42(43,3)57-18-41)11-28(48)62-37-31(50)27(17-45)61-40(35(37)54)58-22-7-5-20(6-8-22)36-38(63-39-34(53)33(52)30(49)26(16-44)60-39)32(51)29-24(47)12-23(56-4)13-25(29)59-36/h5-13,21,26-27,30-31,33-35,37,39-40,44-47,49-50,52-55H,14-18H2,1-4H3/b10-9+,19-11+/t21-,26+,27+,30+,31+,33-,34+,35+,37-,39-,40+,41+,42+,43-/m0/s1. The molecular formula is C43H52O20. The van der Waals surface area contributed by atoms with Crippen LogP contribution in [0.5, 0.6) is 23.0 Å². The quantitative estimate of drug-likeness (QED) is 0.0609. The van der Waals surface area contributed by atoms with Crippen LogP contribution < -0.4 is 19.6 Å². The van der Waals surface area contributed by atoms with Gasteiger partial charge in [0.25, 0.3) is 0 Å². The van der Waals surface area contributed by atoms with Gasteiger partial charge >= 0.3 is 5.97 Å². The van der Waals surface area contributed by atoms with Gasteiger partial charge < -0.3 is 88.6 Å². The summed E-state index contributed by atoms with van der Waals surface area (Å²) in [6, 6.07) is 7.96. The van der Waals surface area contributed by atoms with Crippen molar-refractivity contribution >= 4 is 16.9 Å². The van der Waals surface area contributed by atoms with Crippen molar-refractivity contribution in [2.45, 2.75) is 112 Å². The van der Waals surface area contributed by atoms with Crippen LogP contribution in [-0.4, -0.2) is 163 Å². The summed E-state index contributed by atoms with van der Waals surface area (Å²) in [7, 11) is 1.33. The van der Waals surface area contributed by atoms with Crippen LogP contribution in [0, 0.1) is 5.41 Å². The fourth-order valence-electron chi connectivity index (χ4n) is 8.74. The number of carbonyl (C=O) groups excluding carboxylic acids is 1. The number of hydrogen-bond acceptors (Lipinski definition) is 20. The van der Waals surface area contributed by atoms with Gasteiger partial charge in [-0.25, -0.2) is 4.79 Å². The minimum Gasteiger partial charge on any atom is -0.507 e. The van der Waals surface area contributed by atoms with Gasteiger partial charge in [0.05, 0.1) is 33.0 Å². The van der Waals surface area contributed by atoms with Crippen molar-refractivity contribution in [1.29, 1.82) is 0 Å². The number of aliphatic hydroxyl groups is 9. The number of aromatic hydroxyl groups is 1. The lowest BCUT2D eigenvalue weighted by atomic mass is 9.59. The summed E-state index contributed by atoms with van der Waals surface area (Å²) in [4.78, 5) is 27.1. The second-order valence-electron chi connectivity index (χ2n) is 16.8. The van der Waals surface area contributed by atoms with Gasteiger partial charge in [0, 0.05) is 35.6 Å². The van der Waals surface area contributed by atoms with E-state index in [0.717, 1.165) is 12.1 Å². The van der Waals surface area contributed by atoms with E-state index in [4.69, 9.17) is 37.6 Å². The Labute approximate surface area is 359 Å². The molecule has 7 rings (SSSR count).